The lowest BCUT2D eigenvalue weighted by molar-refractivity contribution is -0.137. The lowest BCUT2D eigenvalue weighted by Crippen LogP contribution is -2.15. The summed E-state index contributed by atoms with van der Waals surface area (Å²) in [7, 11) is 0. The molecule has 2 aromatic rings. The van der Waals surface area contributed by atoms with Crippen LogP contribution < -0.4 is 0 Å². The van der Waals surface area contributed by atoms with E-state index in [0.29, 0.717) is 22.5 Å². The van der Waals surface area contributed by atoms with Gasteiger partial charge in [-0.2, -0.15) is 18.3 Å². The zero-order valence-corrected chi connectivity index (χ0v) is 20.7. The van der Waals surface area contributed by atoms with Gasteiger partial charge in [-0.15, -0.1) is 0 Å². The summed E-state index contributed by atoms with van der Waals surface area (Å²) >= 11 is 5.83. The number of aryl methyl sites for hydroxylation is 1. The van der Waals surface area contributed by atoms with Crippen molar-refractivity contribution >= 4 is 49.9 Å². The molecule has 8 heteroatoms. The number of unbranched alkanes of at least 4 members (excludes halogenated alkanes) is 1. The Morgan fingerprint density at radius 1 is 1.30 bits per heavy atom. The molecule has 162 valence electrons. The van der Waals surface area contributed by atoms with Crippen molar-refractivity contribution in [3.05, 3.63) is 55.5 Å². The van der Waals surface area contributed by atoms with Gasteiger partial charge in [-0.3, -0.25) is 0 Å². The second-order valence-electron chi connectivity index (χ2n) is 7.72. The van der Waals surface area contributed by atoms with Crippen LogP contribution in [0.2, 0.25) is 0 Å². The minimum Gasteiger partial charge on any atom is -0.243 e. The molecule has 0 N–H and O–H groups in total. The topological polar surface area (TPSA) is 30.2 Å². The Morgan fingerprint density at radius 2 is 2.07 bits per heavy atom. The molecule has 2 heterocycles. The standard InChI is InChI=1S/C22H24BrF3IN3/c1-3-4-5-15-11-16(22(24,25)26)7-8-18(15)19-10-14(2)6-9-20(21(23)29-19)30-13-17(27)12-28-30/h7-8,11-14H,3-6,9-10H2,1-2H3/b21-20+,29-19+. The lowest BCUT2D eigenvalue weighted by Gasteiger charge is -2.21. The van der Waals surface area contributed by atoms with Crippen LogP contribution in [0.1, 0.15) is 62.6 Å². The predicted octanol–water partition coefficient (Wildman–Crippen LogP) is 7.68. The quantitative estimate of drug-likeness (QED) is 0.258. The number of aliphatic imine (C=N–C) groups is 1. The van der Waals surface area contributed by atoms with Crippen LogP contribution in [0.5, 0.6) is 0 Å². The third-order valence-corrected chi connectivity index (χ3v) is 6.45. The fourth-order valence-corrected chi connectivity index (χ4v) is 4.58. The Morgan fingerprint density at radius 3 is 2.70 bits per heavy atom. The van der Waals surface area contributed by atoms with Crippen LogP contribution in [0.3, 0.4) is 0 Å². The maximum Gasteiger partial charge on any atom is 0.416 e. The highest BCUT2D eigenvalue weighted by Crippen LogP contribution is 2.34. The zero-order chi connectivity index (χ0) is 21.9. The first-order valence-corrected chi connectivity index (χ1v) is 11.9. The maximum absolute atomic E-state index is 13.3. The van der Waals surface area contributed by atoms with Crippen LogP contribution in [0.15, 0.2) is 40.2 Å². The molecule has 1 aliphatic rings. The molecule has 30 heavy (non-hydrogen) atoms. The van der Waals surface area contributed by atoms with Gasteiger partial charge in [0.2, 0.25) is 0 Å². The first kappa shape index (κ1) is 23.5. The number of aromatic nitrogens is 2. The third kappa shape index (κ3) is 5.75. The summed E-state index contributed by atoms with van der Waals surface area (Å²) in [6.07, 6.45) is 4.26. The number of hydrogen-bond acceptors (Lipinski definition) is 2. The van der Waals surface area contributed by atoms with E-state index in [9.17, 15) is 13.2 Å². The van der Waals surface area contributed by atoms with Crippen molar-refractivity contribution in [3.63, 3.8) is 0 Å². The van der Waals surface area contributed by atoms with Gasteiger partial charge in [0, 0.05) is 11.9 Å². The Bertz CT molecular complexity index is 963. The summed E-state index contributed by atoms with van der Waals surface area (Å²) in [5.41, 5.74) is 2.72. The van der Waals surface area contributed by atoms with Crippen LogP contribution in [0.25, 0.3) is 5.70 Å². The van der Waals surface area contributed by atoms with Gasteiger partial charge < -0.3 is 0 Å². The summed E-state index contributed by atoms with van der Waals surface area (Å²) in [5.74, 6) is 0.357. The first-order valence-electron chi connectivity index (χ1n) is 10.1. The number of hydrogen-bond donors (Lipinski definition) is 0. The average Bonchev–Trinajstić information content (AvgIpc) is 3.09. The van der Waals surface area contributed by atoms with Gasteiger partial charge in [-0.25, -0.2) is 9.67 Å². The minimum absolute atomic E-state index is 0.357. The summed E-state index contributed by atoms with van der Waals surface area (Å²) in [6.45, 7) is 4.20. The second kappa shape index (κ2) is 9.97. The molecule has 0 saturated carbocycles. The highest BCUT2D eigenvalue weighted by Gasteiger charge is 2.31. The van der Waals surface area contributed by atoms with Crippen molar-refractivity contribution in [1.29, 1.82) is 0 Å². The number of alkyl halides is 3. The van der Waals surface area contributed by atoms with Crippen LogP contribution in [0.4, 0.5) is 13.2 Å². The van der Waals surface area contributed by atoms with Crippen molar-refractivity contribution in [1.82, 2.24) is 9.78 Å². The summed E-state index contributed by atoms with van der Waals surface area (Å²) < 4.78 is 43.4. The van der Waals surface area contributed by atoms with Gasteiger partial charge in [0.1, 0.15) is 4.61 Å². The molecule has 0 spiro atoms. The maximum atomic E-state index is 13.3. The van der Waals surface area contributed by atoms with E-state index in [1.54, 1.807) is 12.3 Å². The fraction of sp³-hybridized carbons (Fsp3) is 0.455. The van der Waals surface area contributed by atoms with Crippen LogP contribution in [-0.4, -0.2) is 15.5 Å². The molecule has 1 unspecified atom stereocenters. The molecule has 0 bridgehead atoms. The molecule has 1 aromatic carbocycles. The van der Waals surface area contributed by atoms with E-state index in [1.807, 2.05) is 17.8 Å². The monoisotopic (exact) mass is 593 g/mol. The summed E-state index contributed by atoms with van der Waals surface area (Å²) in [4.78, 5) is 4.85. The summed E-state index contributed by atoms with van der Waals surface area (Å²) in [5, 5.41) is 4.41. The molecule has 1 aromatic heterocycles. The fourth-order valence-electron chi connectivity index (χ4n) is 3.60. The molecule has 0 saturated heterocycles. The Balaban J connectivity index is 2.10. The van der Waals surface area contributed by atoms with Crippen molar-refractivity contribution in [2.45, 2.75) is 58.5 Å². The molecule has 1 atom stereocenters. The van der Waals surface area contributed by atoms with Crippen molar-refractivity contribution in [2.75, 3.05) is 0 Å². The zero-order valence-electron chi connectivity index (χ0n) is 16.9. The van der Waals surface area contributed by atoms with Crippen LogP contribution >= 0.6 is 38.5 Å². The Hall–Kier alpha value is -1.16. The Labute approximate surface area is 197 Å². The van der Waals surface area contributed by atoms with E-state index in [0.717, 1.165) is 52.6 Å². The molecule has 0 fully saturated rings. The molecule has 0 radical (unpaired) electrons. The van der Waals surface area contributed by atoms with E-state index in [4.69, 9.17) is 4.99 Å². The number of benzene rings is 1. The number of nitrogens with zero attached hydrogens (tertiary/aromatic N) is 3. The minimum atomic E-state index is -4.35. The smallest absolute Gasteiger partial charge is 0.243 e. The van der Waals surface area contributed by atoms with Gasteiger partial charge in [-0.1, -0.05) is 26.3 Å². The molecule has 0 aliphatic carbocycles. The molecule has 3 nitrogen and oxygen atoms in total. The van der Waals surface area contributed by atoms with Crippen molar-refractivity contribution < 1.29 is 13.2 Å². The van der Waals surface area contributed by atoms with Gasteiger partial charge in [0.05, 0.1) is 21.0 Å². The van der Waals surface area contributed by atoms with Gasteiger partial charge in [0.25, 0.3) is 0 Å². The Kier molecular flexibility index (Phi) is 7.81. The van der Waals surface area contributed by atoms with Crippen molar-refractivity contribution in [3.8, 4) is 0 Å². The van der Waals surface area contributed by atoms with E-state index in [1.165, 1.54) is 12.1 Å². The van der Waals surface area contributed by atoms with Gasteiger partial charge >= 0.3 is 6.18 Å². The van der Waals surface area contributed by atoms with E-state index >= 15 is 0 Å². The summed E-state index contributed by atoms with van der Waals surface area (Å²) in [6, 6.07) is 4.06. The van der Waals surface area contributed by atoms with E-state index in [2.05, 4.69) is 50.5 Å². The molecule has 1 aliphatic heterocycles. The average molecular weight is 594 g/mol. The van der Waals surface area contributed by atoms with Crippen LogP contribution in [-0.2, 0) is 12.6 Å². The first-order chi connectivity index (χ1) is 14.2. The van der Waals surface area contributed by atoms with Gasteiger partial charge in [0.15, 0.2) is 0 Å². The normalized spacial score (nSPS) is 22.4. The highest BCUT2D eigenvalue weighted by molar-refractivity contribution is 14.1. The highest BCUT2D eigenvalue weighted by atomic mass is 127. The number of halogens is 5. The third-order valence-electron chi connectivity index (χ3n) is 5.26. The lowest BCUT2D eigenvalue weighted by atomic mass is 9.89. The number of allylic oxidation sites excluding steroid dienone is 1. The largest absolute Gasteiger partial charge is 0.416 e. The number of rotatable bonds is 5. The van der Waals surface area contributed by atoms with Crippen LogP contribution in [0, 0.1) is 9.49 Å². The van der Waals surface area contributed by atoms with Gasteiger partial charge in [-0.05, 0) is 99.8 Å². The SMILES string of the molecule is CCCCc1cc(C(F)(F)F)ccc1/C1=N/C(Br)=C(/n2cc(I)cn2)CCC(C)C1. The predicted molar refractivity (Wildman–Crippen MR) is 127 cm³/mol. The van der Waals surface area contributed by atoms with E-state index in [-0.39, 0.29) is 0 Å². The second-order valence-corrected chi connectivity index (χ2v) is 9.72. The molecular weight excluding hydrogens is 570 g/mol. The van der Waals surface area contributed by atoms with Crippen molar-refractivity contribution in [2.24, 2.45) is 10.9 Å². The molecule has 0 amide bonds. The van der Waals surface area contributed by atoms with E-state index < -0.39 is 11.7 Å². The molecule has 3 rings (SSSR count). The molecular formula is C22H24BrF3IN3.